The van der Waals surface area contributed by atoms with Crippen molar-refractivity contribution in [3.05, 3.63) is 24.0 Å². The van der Waals surface area contributed by atoms with Crippen LogP contribution in [0.2, 0.25) is 0 Å². The first-order valence-corrected chi connectivity index (χ1v) is 8.35. The van der Waals surface area contributed by atoms with Gasteiger partial charge in [-0.2, -0.15) is 0 Å². The predicted molar refractivity (Wildman–Crippen MR) is 95.6 cm³/mol. The number of hydrogen-bond donors (Lipinski definition) is 1. The molecule has 0 saturated carbocycles. The Morgan fingerprint density at radius 3 is 2.04 bits per heavy atom. The minimum Gasteiger partial charge on any atom is -0.340 e. The van der Waals surface area contributed by atoms with Crippen molar-refractivity contribution < 1.29 is 19.2 Å². The van der Waals surface area contributed by atoms with Gasteiger partial charge in [-0.1, -0.05) is 0 Å². The molecule has 4 heterocycles. The molecule has 0 fully saturated rings. The second-order valence-corrected chi connectivity index (χ2v) is 6.60. The molecular weight excluding hydrogens is 352 g/mol. The molecule has 2 aliphatic rings. The van der Waals surface area contributed by atoms with Crippen LogP contribution in [-0.2, 0) is 16.6 Å². The molecule has 10 nitrogen and oxygen atoms in total. The van der Waals surface area contributed by atoms with E-state index in [1.54, 1.807) is 45.9 Å². The highest BCUT2D eigenvalue weighted by molar-refractivity contribution is 6.20. The number of Topliss-reactive ketones (excluding diaryl/α,β-unsaturated/α-hetero) is 2. The van der Waals surface area contributed by atoms with Gasteiger partial charge >= 0.3 is 0 Å². The van der Waals surface area contributed by atoms with Gasteiger partial charge in [0.1, 0.15) is 23.2 Å². The Kier molecular flexibility index (Phi) is 4.42. The molecule has 2 aliphatic heterocycles. The number of aryl methyl sites for hydroxylation is 1. The van der Waals surface area contributed by atoms with Crippen LogP contribution in [0.1, 0.15) is 34.8 Å². The number of amides is 2. The molecule has 0 radical (unpaired) electrons. The van der Waals surface area contributed by atoms with Crippen LogP contribution in [0.5, 0.6) is 0 Å². The minimum absolute atomic E-state index is 0.150. The molecule has 2 atom stereocenters. The maximum absolute atomic E-state index is 11.7. The van der Waals surface area contributed by atoms with Crippen LogP contribution in [0.4, 0.5) is 11.6 Å². The molecule has 0 saturated heterocycles. The Bertz CT molecular complexity index is 959. The van der Waals surface area contributed by atoms with Crippen molar-refractivity contribution in [1.29, 1.82) is 0 Å². The van der Waals surface area contributed by atoms with Gasteiger partial charge in [-0.15, -0.1) is 0 Å². The van der Waals surface area contributed by atoms with Crippen LogP contribution in [0.3, 0.4) is 0 Å². The third-order valence-electron chi connectivity index (χ3n) is 4.84. The fourth-order valence-corrected chi connectivity index (χ4v) is 3.11. The zero-order valence-electron chi connectivity index (χ0n) is 15.7. The number of fused-ring (bicyclic) bond motifs is 2. The van der Waals surface area contributed by atoms with Crippen molar-refractivity contribution >= 4 is 35.0 Å². The molecule has 0 spiro atoms. The topological polar surface area (TPSA) is 121 Å². The fraction of sp³-hybridized carbons (Fsp3) is 0.412. The molecule has 4 rings (SSSR count). The number of nitrogens with one attached hydrogen (secondary N) is 1. The molecule has 2 aromatic heterocycles. The van der Waals surface area contributed by atoms with E-state index in [-0.39, 0.29) is 23.4 Å². The molecule has 142 valence electrons. The largest absolute Gasteiger partial charge is 0.340 e. The summed E-state index contributed by atoms with van der Waals surface area (Å²) in [5.41, 5.74) is 0.939. The van der Waals surface area contributed by atoms with Crippen molar-refractivity contribution in [2.24, 2.45) is 18.9 Å². The lowest BCUT2D eigenvalue weighted by Crippen LogP contribution is -2.41. The second-order valence-electron chi connectivity index (χ2n) is 6.60. The molecule has 10 heteroatoms. The van der Waals surface area contributed by atoms with E-state index in [2.05, 4.69) is 15.0 Å². The Balaban J connectivity index is 0.000000156. The summed E-state index contributed by atoms with van der Waals surface area (Å²) in [6, 6.07) is 0. The molecule has 2 aromatic rings. The highest BCUT2D eigenvalue weighted by atomic mass is 16.2. The highest BCUT2D eigenvalue weighted by Crippen LogP contribution is 2.27. The Morgan fingerprint density at radius 2 is 1.41 bits per heavy atom. The number of imidazole rings is 2. The van der Waals surface area contributed by atoms with Gasteiger partial charge in [0.15, 0.2) is 23.2 Å². The summed E-state index contributed by atoms with van der Waals surface area (Å²) in [7, 11) is 5.00. The van der Waals surface area contributed by atoms with Gasteiger partial charge in [-0.3, -0.25) is 29.0 Å². The highest BCUT2D eigenvalue weighted by Gasteiger charge is 2.38. The van der Waals surface area contributed by atoms with Gasteiger partial charge in [0.25, 0.3) is 0 Å². The van der Waals surface area contributed by atoms with Crippen molar-refractivity contribution in [2.45, 2.75) is 13.8 Å². The van der Waals surface area contributed by atoms with Crippen LogP contribution in [0.25, 0.3) is 0 Å². The van der Waals surface area contributed by atoms with Crippen molar-refractivity contribution in [2.75, 3.05) is 23.9 Å². The molecular formula is C17H20N6O4. The number of anilines is 2. The average Bonchev–Trinajstić information content (AvgIpc) is 3.29. The molecule has 2 amide bonds. The lowest BCUT2D eigenvalue weighted by molar-refractivity contribution is -0.121. The van der Waals surface area contributed by atoms with E-state index in [4.69, 9.17) is 0 Å². The Morgan fingerprint density at radius 1 is 0.852 bits per heavy atom. The first-order valence-electron chi connectivity index (χ1n) is 8.35. The van der Waals surface area contributed by atoms with E-state index in [9.17, 15) is 19.2 Å². The molecule has 2 unspecified atom stereocenters. The van der Waals surface area contributed by atoms with E-state index < -0.39 is 11.8 Å². The number of carbonyl (C=O) groups excluding carboxylic acids is 4. The Hall–Kier alpha value is -3.30. The van der Waals surface area contributed by atoms with E-state index in [0.29, 0.717) is 23.0 Å². The normalized spacial score (nSPS) is 21.7. The molecule has 0 aromatic carbocycles. The second kappa shape index (κ2) is 6.45. The number of ketones is 2. The number of hydrogen-bond acceptors (Lipinski definition) is 6. The SMILES string of the molecule is CC1C(=O)c2[nH]cnc2N(C)C1=O.CC1C(=O)c2c(ncn2C)N(C)C1=O. The minimum atomic E-state index is -0.599. The van der Waals surface area contributed by atoms with Gasteiger partial charge < -0.3 is 9.55 Å². The first-order chi connectivity index (χ1) is 12.7. The zero-order chi connectivity index (χ0) is 20.0. The maximum Gasteiger partial charge on any atom is 0.238 e. The van der Waals surface area contributed by atoms with Crippen molar-refractivity contribution in [3.8, 4) is 0 Å². The molecule has 1 N–H and O–H groups in total. The maximum atomic E-state index is 11.7. The fourth-order valence-electron chi connectivity index (χ4n) is 3.11. The van der Waals surface area contributed by atoms with E-state index >= 15 is 0 Å². The van der Waals surface area contributed by atoms with Crippen LogP contribution >= 0.6 is 0 Å². The lowest BCUT2D eigenvalue weighted by atomic mass is 9.98. The van der Waals surface area contributed by atoms with Crippen LogP contribution < -0.4 is 9.80 Å². The standard InChI is InChI=1S/C9H11N3O2.C8H9N3O2/c1-5-7(13)6-8(10-4-11(6)2)12(3)9(5)14;1-4-6(12)5-7(10-3-9-5)11(2)8(4)13/h4-5H,1-3H3;3-4H,1-2H3,(H,9,10). The van der Waals surface area contributed by atoms with Crippen LogP contribution in [0.15, 0.2) is 12.7 Å². The zero-order valence-corrected chi connectivity index (χ0v) is 15.7. The Labute approximate surface area is 155 Å². The first kappa shape index (κ1) is 18.5. The van der Waals surface area contributed by atoms with E-state index in [0.717, 1.165) is 0 Å². The van der Waals surface area contributed by atoms with Crippen molar-refractivity contribution in [3.63, 3.8) is 0 Å². The van der Waals surface area contributed by atoms with E-state index in [1.165, 1.54) is 16.1 Å². The van der Waals surface area contributed by atoms with Gasteiger partial charge in [0, 0.05) is 21.1 Å². The number of H-pyrrole nitrogens is 1. The number of aromatic nitrogens is 4. The number of carbonyl (C=O) groups is 4. The summed E-state index contributed by atoms with van der Waals surface area (Å²) >= 11 is 0. The summed E-state index contributed by atoms with van der Waals surface area (Å²) in [4.78, 5) is 59.8. The third kappa shape index (κ3) is 2.73. The summed E-state index contributed by atoms with van der Waals surface area (Å²) in [5.74, 6) is -1.04. The van der Waals surface area contributed by atoms with Gasteiger partial charge in [0.05, 0.1) is 12.7 Å². The van der Waals surface area contributed by atoms with Gasteiger partial charge in [-0.25, -0.2) is 9.97 Å². The summed E-state index contributed by atoms with van der Waals surface area (Å²) in [5, 5.41) is 0. The third-order valence-corrected chi connectivity index (χ3v) is 4.84. The van der Waals surface area contributed by atoms with Crippen molar-refractivity contribution in [1.82, 2.24) is 19.5 Å². The smallest absolute Gasteiger partial charge is 0.238 e. The number of aromatic amines is 1. The molecule has 0 bridgehead atoms. The van der Waals surface area contributed by atoms with Gasteiger partial charge in [0.2, 0.25) is 11.8 Å². The summed E-state index contributed by atoms with van der Waals surface area (Å²) < 4.78 is 1.65. The van der Waals surface area contributed by atoms with E-state index in [1.807, 2.05) is 0 Å². The molecule has 0 aliphatic carbocycles. The van der Waals surface area contributed by atoms with Gasteiger partial charge in [-0.05, 0) is 13.8 Å². The molecule has 27 heavy (non-hydrogen) atoms. The quantitative estimate of drug-likeness (QED) is 0.669. The summed E-state index contributed by atoms with van der Waals surface area (Å²) in [6.45, 7) is 3.22. The number of nitrogens with zero attached hydrogens (tertiary/aromatic N) is 5. The summed E-state index contributed by atoms with van der Waals surface area (Å²) in [6.07, 6.45) is 2.97. The average molecular weight is 372 g/mol. The monoisotopic (exact) mass is 372 g/mol. The predicted octanol–water partition coefficient (Wildman–Crippen LogP) is 0.420. The van der Waals surface area contributed by atoms with Crippen LogP contribution in [0, 0.1) is 11.8 Å². The lowest BCUT2D eigenvalue weighted by Gasteiger charge is -2.25. The van der Waals surface area contributed by atoms with Crippen LogP contribution in [-0.4, -0.2) is 57.0 Å². The number of rotatable bonds is 0.